The molecule has 0 aliphatic carbocycles. The normalized spacial score (nSPS) is 10.1. The van der Waals surface area contributed by atoms with Crippen molar-refractivity contribution in [3.63, 3.8) is 0 Å². The van der Waals surface area contributed by atoms with Crippen molar-refractivity contribution in [3.8, 4) is 22.3 Å². The molecule has 0 radical (unpaired) electrons. The van der Waals surface area contributed by atoms with Gasteiger partial charge < -0.3 is 28.7 Å². The Kier molecular flexibility index (Phi) is 18.0. The Balaban J connectivity index is 0.000000193. The molecule has 4 aromatic heterocycles. The highest BCUT2D eigenvalue weighted by Crippen LogP contribution is 2.17. The van der Waals surface area contributed by atoms with Crippen molar-refractivity contribution in [2.75, 3.05) is 0 Å². The van der Waals surface area contributed by atoms with Crippen LogP contribution in [0.3, 0.4) is 0 Å². The van der Waals surface area contributed by atoms with E-state index in [1.54, 1.807) is 0 Å². The van der Waals surface area contributed by atoms with E-state index in [9.17, 15) is 8.63 Å². The van der Waals surface area contributed by atoms with Crippen molar-refractivity contribution in [3.05, 3.63) is 242 Å². The maximum absolute atomic E-state index is 9.89. The molecule has 0 aliphatic rings. The zero-order chi connectivity index (χ0) is 42.4. The molecule has 0 fully saturated rings. The molecule has 0 N–H and O–H groups in total. The van der Waals surface area contributed by atoms with Gasteiger partial charge in [0.25, 0.3) is 0 Å². The van der Waals surface area contributed by atoms with Gasteiger partial charge in [0, 0.05) is 70.8 Å². The molecule has 4 heterocycles. The second-order valence-corrected chi connectivity index (χ2v) is 13.5. The van der Waals surface area contributed by atoms with Gasteiger partial charge in [-0.3, -0.25) is 0 Å². The first-order valence-electron chi connectivity index (χ1n) is 19.2. The maximum Gasteiger partial charge on any atom is 0.173 e. The van der Waals surface area contributed by atoms with Crippen molar-refractivity contribution in [1.82, 2.24) is 0 Å². The van der Waals surface area contributed by atoms with Crippen LogP contribution in [0.2, 0.25) is 0 Å². The van der Waals surface area contributed by atoms with Gasteiger partial charge in [0.05, 0.1) is 0 Å². The summed E-state index contributed by atoms with van der Waals surface area (Å²) in [5, 5.41) is 33.2. The number of pyridine rings is 4. The number of hydrogen-bond acceptors (Lipinski definition) is 4. The molecule has 300 valence electrons. The summed E-state index contributed by atoms with van der Waals surface area (Å²) in [6, 6.07) is 59.6. The van der Waals surface area contributed by atoms with Crippen molar-refractivity contribution < 1.29 is 47.0 Å². The van der Waals surface area contributed by atoms with Crippen LogP contribution in [-0.4, -0.2) is 14.8 Å². The Hall–Kier alpha value is -6.69. The highest BCUT2D eigenvalue weighted by molar-refractivity contribution is 6.27. The number of nitrogens with zero attached hydrogens (tertiary/aromatic N) is 4. The molecule has 0 spiro atoms. The van der Waals surface area contributed by atoms with Gasteiger partial charge in [0.2, 0.25) is 0 Å². The number of hydrogen-bond donors (Lipinski definition) is 0. The minimum Gasteiger partial charge on any atom is -0.867 e. The minimum absolute atomic E-state index is 0.896. The SMILES string of the molecule is [O-]B([O-])F.[O-]B([O-])F.c1ccc(C[n+]2ccc(-c3cc[n+](Cc4ccccc4)cc3)cc2)cc1.c1ccc(C[n+]2ccc(-c3cc[n+](Cc4ccccc4)cc3)cc2)cc1. The van der Waals surface area contributed by atoms with Gasteiger partial charge in [-0.05, 0) is 22.3 Å². The second kappa shape index (κ2) is 24.3. The monoisotopic (exact) mass is 800 g/mol. The van der Waals surface area contributed by atoms with Crippen molar-refractivity contribution in [2.24, 2.45) is 0 Å². The highest BCUT2D eigenvalue weighted by atomic mass is 19.1. The molecule has 0 aliphatic heterocycles. The second-order valence-electron chi connectivity index (χ2n) is 13.5. The molecule has 4 aromatic carbocycles. The van der Waals surface area contributed by atoms with Crippen LogP contribution in [0.25, 0.3) is 22.3 Å². The predicted molar refractivity (Wildman–Crippen MR) is 220 cm³/mol. The van der Waals surface area contributed by atoms with E-state index >= 15 is 0 Å². The third kappa shape index (κ3) is 16.3. The van der Waals surface area contributed by atoms with Crippen LogP contribution in [0.1, 0.15) is 22.3 Å². The van der Waals surface area contributed by atoms with Crippen LogP contribution in [0.15, 0.2) is 219 Å². The first-order chi connectivity index (χ1) is 29.2. The summed E-state index contributed by atoms with van der Waals surface area (Å²) in [5.74, 6) is 0. The topological polar surface area (TPSA) is 108 Å². The van der Waals surface area contributed by atoms with Crippen LogP contribution >= 0.6 is 0 Å². The van der Waals surface area contributed by atoms with Gasteiger partial charge in [-0.2, -0.15) is 0 Å². The Morgan fingerprint density at radius 2 is 0.433 bits per heavy atom. The van der Waals surface area contributed by atoms with Crippen molar-refractivity contribution in [1.29, 1.82) is 0 Å². The third-order valence-electron chi connectivity index (χ3n) is 9.06. The van der Waals surface area contributed by atoms with Crippen LogP contribution in [0, 0.1) is 0 Å². The molecule has 0 saturated carbocycles. The van der Waals surface area contributed by atoms with E-state index in [0.717, 1.165) is 26.2 Å². The Morgan fingerprint density at radius 1 is 0.283 bits per heavy atom. The zero-order valence-corrected chi connectivity index (χ0v) is 32.9. The summed E-state index contributed by atoms with van der Waals surface area (Å²) in [6.45, 7) is 3.58. The van der Waals surface area contributed by atoms with Gasteiger partial charge in [0.15, 0.2) is 75.8 Å². The van der Waals surface area contributed by atoms with Crippen LogP contribution in [0.5, 0.6) is 0 Å². The van der Waals surface area contributed by atoms with E-state index in [0.29, 0.717) is 0 Å². The first kappa shape index (κ1) is 44.4. The summed E-state index contributed by atoms with van der Waals surface area (Å²) in [7, 11) is -6.33. The highest BCUT2D eigenvalue weighted by Gasteiger charge is 2.09. The third-order valence-corrected chi connectivity index (χ3v) is 9.06. The molecule has 0 unspecified atom stereocenters. The largest absolute Gasteiger partial charge is 0.867 e. The van der Waals surface area contributed by atoms with Crippen LogP contribution < -0.4 is 38.4 Å². The lowest BCUT2D eigenvalue weighted by molar-refractivity contribution is -0.688. The number of rotatable bonds is 10. The van der Waals surface area contributed by atoms with Gasteiger partial charge in [-0.1, -0.05) is 121 Å². The number of benzene rings is 4. The van der Waals surface area contributed by atoms with E-state index in [4.69, 9.17) is 20.1 Å². The fourth-order valence-corrected chi connectivity index (χ4v) is 6.20. The van der Waals surface area contributed by atoms with Crippen molar-refractivity contribution in [2.45, 2.75) is 26.2 Å². The molecule has 0 atom stereocenters. The summed E-state index contributed by atoms with van der Waals surface area (Å²) in [5.41, 5.74) is 10.2. The average Bonchev–Trinajstić information content (AvgIpc) is 3.26. The van der Waals surface area contributed by atoms with Gasteiger partial charge in [-0.25, -0.2) is 18.3 Å². The van der Waals surface area contributed by atoms with Crippen molar-refractivity contribution >= 4 is 14.8 Å². The average molecular weight is 801 g/mol. The van der Waals surface area contributed by atoms with E-state index in [1.807, 2.05) is 0 Å². The lowest BCUT2D eigenvalue weighted by Crippen LogP contribution is -2.39. The van der Waals surface area contributed by atoms with E-state index in [1.165, 1.54) is 44.5 Å². The smallest absolute Gasteiger partial charge is 0.173 e. The van der Waals surface area contributed by atoms with Gasteiger partial charge in [0.1, 0.15) is 14.8 Å². The Bertz CT molecular complexity index is 2030. The summed E-state index contributed by atoms with van der Waals surface area (Å²) in [6.07, 6.45) is 17.2. The van der Waals surface area contributed by atoms with Gasteiger partial charge >= 0.3 is 0 Å². The van der Waals surface area contributed by atoms with E-state index in [2.05, 4.69) is 238 Å². The van der Waals surface area contributed by atoms with Crippen LogP contribution in [0.4, 0.5) is 8.63 Å². The Morgan fingerprint density at radius 3 is 0.583 bits per heavy atom. The molecule has 12 heteroatoms. The van der Waals surface area contributed by atoms with Gasteiger partial charge in [-0.15, -0.1) is 0 Å². The Labute approximate surface area is 350 Å². The summed E-state index contributed by atoms with van der Waals surface area (Å²) in [4.78, 5) is 0. The molecular weight excluding hydrogens is 756 g/mol. The lowest BCUT2D eigenvalue weighted by Gasteiger charge is -2.09. The molecule has 60 heavy (non-hydrogen) atoms. The number of halogens is 2. The minimum atomic E-state index is -3.17. The quantitative estimate of drug-likeness (QED) is 0.156. The van der Waals surface area contributed by atoms with Crippen LogP contribution in [-0.2, 0) is 26.2 Å². The molecule has 0 amide bonds. The summed E-state index contributed by atoms with van der Waals surface area (Å²) >= 11 is 0. The zero-order valence-electron chi connectivity index (χ0n) is 32.9. The predicted octanol–water partition coefficient (Wildman–Crippen LogP) is 3.37. The van der Waals surface area contributed by atoms with E-state index in [-0.39, 0.29) is 0 Å². The van der Waals surface area contributed by atoms with E-state index < -0.39 is 14.8 Å². The summed E-state index contributed by atoms with van der Waals surface area (Å²) < 4.78 is 28.6. The molecule has 0 saturated heterocycles. The number of aromatic nitrogens is 4. The molecule has 8 rings (SSSR count). The lowest BCUT2D eigenvalue weighted by atomic mass is 10.1. The fraction of sp³-hybridized carbons (Fsp3) is 0.0833. The molecule has 8 nitrogen and oxygen atoms in total. The molecular formula is C48H44B2F2N4O4. The maximum atomic E-state index is 9.89. The first-order valence-corrected chi connectivity index (χ1v) is 19.2. The standard InChI is InChI=1S/2C24H22N2.2BFO2/c2*1-3-7-21(8-4-1)19-25-15-11-23(12-16-25)24-13-17-26(18-14-24)20-22-9-5-2-6-10-22;2*2-1(3)4/h2*1-18H,19-20H2;;/q2*+2;2*-2. The molecule has 8 aromatic rings. The fourth-order valence-electron chi connectivity index (χ4n) is 6.20. The molecule has 0 bridgehead atoms.